The van der Waals surface area contributed by atoms with Crippen molar-refractivity contribution in [1.82, 2.24) is 24.8 Å². The summed E-state index contributed by atoms with van der Waals surface area (Å²) in [6.45, 7) is 12.3. The van der Waals surface area contributed by atoms with Crippen molar-refractivity contribution in [3.8, 4) is 0 Å². The number of nitrogens with one attached hydrogen (secondary N) is 3. The van der Waals surface area contributed by atoms with E-state index < -0.39 is 11.1 Å². The molecule has 35 heavy (non-hydrogen) atoms. The molecule has 10 heteroatoms. The first-order valence-corrected chi connectivity index (χ1v) is 11.9. The summed E-state index contributed by atoms with van der Waals surface area (Å²) in [6.07, 6.45) is 1.06. The number of aromatic nitrogens is 3. The fraction of sp³-hybridized carbons (Fsp3) is 0.520. The third-order valence-electron chi connectivity index (χ3n) is 5.77. The minimum Gasteiger partial charge on any atom is -0.444 e. The Morgan fingerprint density at radius 1 is 1.11 bits per heavy atom. The molecule has 1 aliphatic rings. The van der Waals surface area contributed by atoms with E-state index in [1.807, 2.05) is 53.7 Å². The molecule has 3 heterocycles. The lowest BCUT2D eigenvalue weighted by atomic mass is 9.93. The maximum absolute atomic E-state index is 12.7. The Kier molecular flexibility index (Phi) is 6.25. The number of piperidine rings is 1. The fourth-order valence-electron chi connectivity index (χ4n) is 4.36. The van der Waals surface area contributed by atoms with Crippen LogP contribution in [0.5, 0.6) is 0 Å². The van der Waals surface area contributed by atoms with Crippen molar-refractivity contribution in [3.05, 3.63) is 40.3 Å². The van der Waals surface area contributed by atoms with E-state index >= 15 is 0 Å². The summed E-state index contributed by atoms with van der Waals surface area (Å²) in [5, 5.41) is 11.2. The number of carbonyl (C=O) groups is 2. The van der Waals surface area contributed by atoms with Crippen LogP contribution in [0.25, 0.3) is 16.6 Å². The average Bonchev–Trinajstić information content (AvgIpc) is 3.10. The lowest BCUT2D eigenvalue weighted by Gasteiger charge is -2.33. The Morgan fingerprint density at radius 2 is 1.80 bits per heavy atom. The van der Waals surface area contributed by atoms with Crippen molar-refractivity contribution >= 4 is 34.4 Å². The van der Waals surface area contributed by atoms with E-state index in [9.17, 15) is 14.4 Å². The molecule has 1 fully saturated rings. The SMILES string of the molecule is CC(C)(C)NC(=O)Nc1cccc2nn3c(C4CCN(C(=O)OC(C)(C)C)CC4)cc(=O)[nH]c3c12. The number of benzene rings is 1. The highest BCUT2D eigenvalue weighted by atomic mass is 16.6. The van der Waals surface area contributed by atoms with E-state index in [1.165, 1.54) is 0 Å². The van der Waals surface area contributed by atoms with Gasteiger partial charge in [0.1, 0.15) is 11.2 Å². The molecule has 1 aliphatic heterocycles. The van der Waals surface area contributed by atoms with Gasteiger partial charge in [0.15, 0.2) is 0 Å². The number of hydrogen-bond acceptors (Lipinski definition) is 5. The van der Waals surface area contributed by atoms with Gasteiger partial charge in [0, 0.05) is 30.6 Å². The van der Waals surface area contributed by atoms with Gasteiger partial charge in [0.05, 0.1) is 22.3 Å². The number of carbonyl (C=O) groups excluding carboxylic acids is 2. The van der Waals surface area contributed by atoms with Gasteiger partial charge in [-0.05, 0) is 66.5 Å². The summed E-state index contributed by atoms with van der Waals surface area (Å²) in [5.74, 6) is 0.0494. The number of nitrogens with zero attached hydrogens (tertiary/aromatic N) is 3. The van der Waals surface area contributed by atoms with Gasteiger partial charge in [-0.3, -0.25) is 4.79 Å². The van der Waals surface area contributed by atoms with Crippen LogP contribution < -0.4 is 16.2 Å². The quantitative estimate of drug-likeness (QED) is 0.505. The second-order valence-corrected chi connectivity index (χ2v) is 11.1. The van der Waals surface area contributed by atoms with Gasteiger partial charge in [0.2, 0.25) is 0 Å². The Balaban J connectivity index is 1.64. The Morgan fingerprint density at radius 3 is 2.43 bits per heavy atom. The van der Waals surface area contributed by atoms with E-state index in [4.69, 9.17) is 9.84 Å². The maximum atomic E-state index is 12.7. The Bertz CT molecular complexity index is 1320. The molecule has 10 nitrogen and oxygen atoms in total. The van der Waals surface area contributed by atoms with E-state index in [0.29, 0.717) is 48.2 Å². The molecule has 0 atom stereocenters. The molecule has 1 saturated heterocycles. The van der Waals surface area contributed by atoms with E-state index in [0.717, 1.165) is 5.69 Å². The first kappa shape index (κ1) is 24.6. The summed E-state index contributed by atoms with van der Waals surface area (Å²) < 4.78 is 7.25. The van der Waals surface area contributed by atoms with Gasteiger partial charge in [-0.2, -0.15) is 5.10 Å². The van der Waals surface area contributed by atoms with Crippen LogP contribution in [-0.2, 0) is 4.74 Å². The molecule has 4 rings (SSSR count). The molecule has 0 radical (unpaired) electrons. The van der Waals surface area contributed by atoms with Crippen LogP contribution in [0.1, 0.15) is 66.0 Å². The van der Waals surface area contributed by atoms with Gasteiger partial charge in [-0.25, -0.2) is 14.1 Å². The minimum atomic E-state index is -0.544. The van der Waals surface area contributed by atoms with Crippen molar-refractivity contribution in [2.75, 3.05) is 18.4 Å². The van der Waals surface area contributed by atoms with E-state index in [-0.39, 0.29) is 23.6 Å². The second kappa shape index (κ2) is 8.90. The molecule has 2 aromatic heterocycles. The van der Waals surface area contributed by atoms with Crippen LogP contribution in [0.15, 0.2) is 29.1 Å². The lowest BCUT2D eigenvalue weighted by Crippen LogP contribution is -2.43. The molecular formula is C25H34N6O4. The monoisotopic (exact) mass is 482 g/mol. The van der Waals surface area contributed by atoms with Crippen LogP contribution in [0.4, 0.5) is 15.3 Å². The molecular weight excluding hydrogens is 448 g/mol. The predicted molar refractivity (Wildman–Crippen MR) is 135 cm³/mol. The van der Waals surface area contributed by atoms with Crippen LogP contribution >= 0.6 is 0 Å². The van der Waals surface area contributed by atoms with Crippen LogP contribution in [0.2, 0.25) is 0 Å². The predicted octanol–water partition coefficient (Wildman–Crippen LogP) is 4.21. The van der Waals surface area contributed by atoms with Crippen molar-refractivity contribution in [2.24, 2.45) is 0 Å². The van der Waals surface area contributed by atoms with Gasteiger partial charge >= 0.3 is 12.1 Å². The van der Waals surface area contributed by atoms with Crippen molar-refractivity contribution < 1.29 is 14.3 Å². The summed E-state index contributed by atoms with van der Waals surface area (Å²) in [7, 11) is 0. The molecule has 1 aromatic carbocycles. The number of rotatable bonds is 2. The number of likely N-dealkylation sites (tertiary alicyclic amines) is 1. The molecule has 0 spiro atoms. The Labute approximate surface area is 204 Å². The van der Waals surface area contributed by atoms with Gasteiger partial charge in [-0.15, -0.1) is 0 Å². The number of aromatic amines is 1. The topological polar surface area (TPSA) is 121 Å². The van der Waals surface area contributed by atoms with Gasteiger partial charge < -0.3 is 25.3 Å². The molecule has 0 unspecified atom stereocenters. The number of amides is 3. The smallest absolute Gasteiger partial charge is 0.410 e. The second-order valence-electron chi connectivity index (χ2n) is 11.1. The minimum absolute atomic E-state index is 0.0494. The lowest BCUT2D eigenvalue weighted by molar-refractivity contribution is 0.0203. The molecule has 188 valence electrons. The first-order chi connectivity index (χ1) is 16.3. The number of anilines is 1. The van der Waals surface area contributed by atoms with Crippen LogP contribution in [0, 0.1) is 0 Å². The average molecular weight is 483 g/mol. The number of ether oxygens (including phenoxy) is 1. The van der Waals surface area contributed by atoms with Crippen molar-refractivity contribution in [2.45, 2.75) is 71.4 Å². The molecule has 0 bridgehead atoms. The third-order valence-corrected chi connectivity index (χ3v) is 5.77. The van der Waals surface area contributed by atoms with Crippen molar-refractivity contribution in [3.63, 3.8) is 0 Å². The van der Waals surface area contributed by atoms with Gasteiger partial charge in [0.25, 0.3) is 5.56 Å². The number of H-pyrrole nitrogens is 1. The van der Waals surface area contributed by atoms with Crippen LogP contribution in [0.3, 0.4) is 0 Å². The highest BCUT2D eigenvalue weighted by molar-refractivity contribution is 6.07. The molecule has 3 aromatic rings. The molecule has 0 saturated carbocycles. The van der Waals surface area contributed by atoms with E-state index in [1.54, 1.807) is 21.5 Å². The summed E-state index contributed by atoms with van der Waals surface area (Å²) >= 11 is 0. The number of fused-ring (bicyclic) bond motifs is 3. The van der Waals surface area contributed by atoms with Crippen molar-refractivity contribution in [1.29, 1.82) is 0 Å². The Hall–Kier alpha value is -3.56. The van der Waals surface area contributed by atoms with Gasteiger partial charge in [-0.1, -0.05) is 6.07 Å². The summed E-state index contributed by atoms with van der Waals surface area (Å²) in [5.41, 5.74) is 1.36. The number of hydrogen-bond donors (Lipinski definition) is 3. The maximum Gasteiger partial charge on any atom is 0.410 e. The highest BCUT2D eigenvalue weighted by Crippen LogP contribution is 2.32. The first-order valence-electron chi connectivity index (χ1n) is 11.9. The molecule has 0 aliphatic carbocycles. The molecule has 3 N–H and O–H groups in total. The zero-order chi connectivity index (χ0) is 25.5. The summed E-state index contributed by atoms with van der Waals surface area (Å²) in [6, 6.07) is 6.70. The zero-order valence-corrected chi connectivity index (χ0v) is 21.2. The third kappa shape index (κ3) is 5.58. The zero-order valence-electron chi connectivity index (χ0n) is 21.2. The van der Waals surface area contributed by atoms with E-state index in [2.05, 4.69) is 15.6 Å². The van der Waals surface area contributed by atoms with Crippen LogP contribution in [-0.4, -0.2) is 55.9 Å². The normalized spacial score (nSPS) is 15.4. The molecule has 3 amide bonds. The standard InChI is InChI=1S/C25H34N6O4/c1-24(2,3)28-22(33)26-16-8-7-9-17-20(16)21-27-19(32)14-18(31(21)29-17)15-10-12-30(13-11-15)23(34)35-25(4,5)6/h7-9,14-15H,10-13H2,1-6H3,(H,27,32)(H2,26,28,33). The number of urea groups is 1. The fourth-order valence-corrected chi connectivity index (χ4v) is 4.36. The summed E-state index contributed by atoms with van der Waals surface area (Å²) in [4.78, 5) is 42.2. The highest BCUT2D eigenvalue weighted by Gasteiger charge is 2.29. The largest absolute Gasteiger partial charge is 0.444 e.